The lowest BCUT2D eigenvalue weighted by Gasteiger charge is -2.26. The molecule has 0 saturated heterocycles. The maximum absolute atomic E-state index is 10.1. The lowest BCUT2D eigenvalue weighted by Crippen LogP contribution is -2.29. The molecule has 0 amide bonds. The summed E-state index contributed by atoms with van der Waals surface area (Å²) in [5, 5.41) is 13.6. The second-order valence-electron chi connectivity index (χ2n) is 5.85. The first-order valence-electron chi connectivity index (χ1n) is 7.29. The van der Waals surface area contributed by atoms with Gasteiger partial charge in [0.05, 0.1) is 6.10 Å². The second-order valence-corrected chi connectivity index (χ2v) is 6.77. The molecule has 1 aliphatic rings. The highest BCUT2D eigenvalue weighted by molar-refractivity contribution is 9.10. The van der Waals surface area contributed by atoms with Gasteiger partial charge in [0, 0.05) is 11.0 Å². The Morgan fingerprint density at radius 2 is 2.05 bits per heavy atom. The van der Waals surface area contributed by atoms with E-state index in [0.717, 1.165) is 28.4 Å². The molecule has 1 saturated carbocycles. The summed E-state index contributed by atoms with van der Waals surface area (Å²) in [6.07, 6.45) is 4.98. The highest BCUT2D eigenvalue weighted by Gasteiger charge is 2.18. The molecule has 0 aromatic heterocycles. The van der Waals surface area contributed by atoms with Crippen molar-refractivity contribution in [2.45, 2.75) is 38.7 Å². The lowest BCUT2D eigenvalue weighted by molar-refractivity contribution is 0.169. The van der Waals surface area contributed by atoms with Gasteiger partial charge in [-0.15, -0.1) is 0 Å². The molecule has 2 nitrogen and oxygen atoms in total. The molecule has 0 radical (unpaired) electrons. The van der Waals surface area contributed by atoms with E-state index in [1.807, 2.05) is 24.3 Å². The zero-order valence-electron chi connectivity index (χ0n) is 11.6. The molecule has 0 spiro atoms. The Morgan fingerprint density at radius 1 is 1.32 bits per heavy atom. The molecule has 1 fully saturated rings. The van der Waals surface area contributed by atoms with Gasteiger partial charge >= 0.3 is 0 Å². The van der Waals surface area contributed by atoms with Gasteiger partial charge in [0.25, 0.3) is 0 Å². The fraction of sp³-hybridized carbons (Fsp3) is 0.625. The molecule has 0 aliphatic heterocycles. The molecule has 19 heavy (non-hydrogen) atoms. The second kappa shape index (κ2) is 7.41. The number of benzene rings is 1. The van der Waals surface area contributed by atoms with Gasteiger partial charge in [0.1, 0.15) is 0 Å². The van der Waals surface area contributed by atoms with Crippen molar-refractivity contribution in [3.05, 3.63) is 34.3 Å². The monoisotopic (exact) mass is 325 g/mol. The van der Waals surface area contributed by atoms with Crippen molar-refractivity contribution in [1.29, 1.82) is 0 Å². The van der Waals surface area contributed by atoms with E-state index in [0.29, 0.717) is 6.54 Å². The number of hydrogen-bond donors (Lipinski definition) is 2. The van der Waals surface area contributed by atoms with Crippen LogP contribution in [0, 0.1) is 11.8 Å². The van der Waals surface area contributed by atoms with E-state index >= 15 is 0 Å². The van der Waals surface area contributed by atoms with E-state index in [1.165, 1.54) is 25.7 Å². The maximum atomic E-state index is 10.1. The van der Waals surface area contributed by atoms with E-state index in [-0.39, 0.29) is 0 Å². The van der Waals surface area contributed by atoms with Crippen LogP contribution >= 0.6 is 15.9 Å². The molecule has 106 valence electrons. The van der Waals surface area contributed by atoms with E-state index < -0.39 is 6.10 Å². The van der Waals surface area contributed by atoms with Crippen molar-refractivity contribution in [2.75, 3.05) is 13.1 Å². The summed E-state index contributed by atoms with van der Waals surface area (Å²) in [4.78, 5) is 0. The van der Waals surface area contributed by atoms with Crippen LogP contribution in [0.5, 0.6) is 0 Å². The topological polar surface area (TPSA) is 32.3 Å². The Balaban J connectivity index is 1.70. The van der Waals surface area contributed by atoms with Crippen molar-refractivity contribution in [3.8, 4) is 0 Å². The number of nitrogens with one attached hydrogen (secondary N) is 1. The summed E-state index contributed by atoms with van der Waals surface area (Å²) < 4.78 is 1.02. The molecule has 2 rings (SSSR count). The fourth-order valence-electron chi connectivity index (χ4n) is 2.79. The van der Waals surface area contributed by atoms with E-state index in [2.05, 4.69) is 28.2 Å². The van der Waals surface area contributed by atoms with E-state index in [4.69, 9.17) is 0 Å². The lowest BCUT2D eigenvalue weighted by atomic mass is 9.83. The molecule has 1 aromatic carbocycles. The minimum Gasteiger partial charge on any atom is -0.387 e. The molecular formula is C16H24BrNO. The molecule has 0 heterocycles. The van der Waals surface area contributed by atoms with Crippen LogP contribution in [0.2, 0.25) is 0 Å². The van der Waals surface area contributed by atoms with E-state index in [1.54, 1.807) is 0 Å². The van der Waals surface area contributed by atoms with Gasteiger partial charge in [-0.2, -0.15) is 0 Å². The third kappa shape index (κ3) is 4.90. The van der Waals surface area contributed by atoms with Gasteiger partial charge in [-0.1, -0.05) is 47.8 Å². The Labute approximate surface area is 124 Å². The SMILES string of the molecule is CC1CCC(CNCC(O)c2cccc(Br)c2)CC1. The average Bonchev–Trinajstić information content (AvgIpc) is 2.41. The number of aliphatic hydroxyl groups excluding tert-OH is 1. The van der Waals surface area contributed by atoms with Gasteiger partial charge in [0.15, 0.2) is 0 Å². The Bertz CT molecular complexity index is 388. The summed E-state index contributed by atoms with van der Waals surface area (Å²) in [6.45, 7) is 4.03. The van der Waals surface area contributed by atoms with Crippen LogP contribution in [0.25, 0.3) is 0 Å². The average molecular weight is 326 g/mol. The summed E-state index contributed by atoms with van der Waals surface area (Å²) >= 11 is 3.44. The molecular weight excluding hydrogens is 302 g/mol. The molecule has 3 heteroatoms. The number of rotatable bonds is 5. The van der Waals surface area contributed by atoms with Crippen LogP contribution in [-0.2, 0) is 0 Å². The molecule has 1 unspecified atom stereocenters. The van der Waals surface area contributed by atoms with Gasteiger partial charge in [0.2, 0.25) is 0 Å². The summed E-state index contributed by atoms with van der Waals surface area (Å²) in [6, 6.07) is 7.89. The predicted molar refractivity (Wildman–Crippen MR) is 83.1 cm³/mol. The van der Waals surface area contributed by atoms with Gasteiger partial charge < -0.3 is 10.4 Å². The van der Waals surface area contributed by atoms with Crippen molar-refractivity contribution >= 4 is 15.9 Å². The maximum Gasteiger partial charge on any atom is 0.0914 e. The third-order valence-corrected chi connectivity index (χ3v) is 4.63. The van der Waals surface area contributed by atoms with Gasteiger partial charge in [-0.05, 0) is 48.9 Å². The Morgan fingerprint density at radius 3 is 2.74 bits per heavy atom. The molecule has 1 aromatic rings. The number of hydrogen-bond acceptors (Lipinski definition) is 2. The standard InChI is InChI=1S/C16H24BrNO/c1-12-5-7-13(8-6-12)10-18-11-16(19)14-3-2-4-15(17)9-14/h2-4,9,12-13,16,18-19H,5-8,10-11H2,1H3. The highest BCUT2D eigenvalue weighted by Crippen LogP contribution is 2.27. The van der Waals surface area contributed by atoms with Gasteiger partial charge in [-0.3, -0.25) is 0 Å². The van der Waals surface area contributed by atoms with Crippen LogP contribution in [0.4, 0.5) is 0 Å². The van der Waals surface area contributed by atoms with Crippen LogP contribution in [-0.4, -0.2) is 18.2 Å². The smallest absolute Gasteiger partial charge is 0.0914 e. The Kier molecular flexibility index (Phi) is 5.86. The van der Waals surface area contributed by atoms with Crippen LogP contribution in [0.1, 0.15) is 44.3 Å². The quantitative estimate of drug-likeness (QED) is 0.860. The van der Waals surface area contributed by atoms with Gasteiger partial charge in [-0.25, -0.2) is 0 Å². The van der Waals surface area contributed by atoms with Crippen LogP contribution < -0.4 is 5.32 Å². The highest BCUT2D eigenvalue weighted by atomic mass is 79.9. The van der Waals surface area contributed by atoms with Crippen molar-refractivity contribution in [2.24, 2.45) is 11.8 Å². The molecule has 2 N–H and O–H groups in total. The first-order chi connectivity index (χ1) is 9.15. The van der Waals surface area contributed by atoms with Crippen LogP contribution in [0.15, 0.2) is 28.7 Å². The first-order valence-corrected chi connectivity index (χ1v) is 8.08. The number of halogens is 1. The van der Waals surface area contributed by atoms with Crippen LogP contribution in [0.3, 0.4) is 0 Å². The molecule has 1 atom stereocenters. The minimum absolute atomic E-state index is 0.417. The Hall–Kier alpha value is -0.380. The minimum atomic E-state index is -0.417. The normalized spacial score (nSPS) is 25.2. The zero-order valence-corrected chi connectivity index (χ0v) is 13.2. The summed E-state index contributed by atoms with van der Waals surface area (Å²) in [5.41, 5.74) is 0.971. The predicted octanol–water partition coefficient (Wildman–Crippen LogP) is 3.90. The third-order valence-electron chi connectivity index (χ3n) is 4.14. The fourth-order valence-corrected chi connectivity index (χ4v) is 3.21. The van der Waals surface area contributed by atoms with E-state index in [9.17, 15) is 5.11 Å². The zero-order chi connectivity index (χ0) is 13.7. The number of aliphatic hydroxyl groups is 1. The summed E-state index contributed by atoms with van der Waals surface area (Å²) in [7, 11) is 0. The van der Waals surface area contributed by atoms with Crippen molar-refractivity contribution < 1.29 is 5.11 Å². The first kappa shape index (κ1) is 15.0. The van der Waals surface area contributed by atoms with Crippen molar-refractivity contribution in [1.82, 2.24) is 5.32 Å². The molecule has 0 bridgehead atoms. The molecule has 1 aliphatic carbocycles. The summed E-state index contributed by atoms with van der Waals surface area (Å²) in [5.74, 6) is 1.70. The largest absolute Gasteiger partial charge is 0.387 e. The van der Waals surface area contributed by atoms with Crippen molar-refractivity contribution in [3.63, 3.8) is 0 Å².